The highest BCUT2D eigenvalue weighted by molar-refractivity contribution is 7.89. The number of aliphatic carboxylic acids is 1. The molecule has 146 valence electrons. The Kier molecular flexibility index (Phi) is 6.07. The second-order valence-corrected chi connectivity index (χ2v) is 8.32. The van der Waals surface area contributed by atoms with Gasteiger partial charge in [0.2, 0.25) is 15.9 Å². The molecule has 0 spiro atoms. The van der Waals surface area contributed by atoms with Crippen molar-refractivity contribution in [2.45, 2.75) is 75.8 Å². The first-order chi connectivity index (χ1) is 12.1. The number of hydrogen-bond acceptors (Lipinski definition) is 6. The predicted octanol–water partition coefficient (Wildman–Crippen LogP) is 1.25. The molecule has 1 atom stereocenters. The number of carboxylic acid groups (broad SMARTS) is 1. The molecular formula is C16H25N3O6S. The van der Waals surface area contributed by atoms with Gasteiger partial charge in [-0.25, -0.2) is 13.2 Å². The van der Waals surface area contributed by atoms with Gasteiger partial charge in [-0.2, -0.15) is 4.72 Å². The summed E-state index contributed by atoms with van der Waals surface area (Å²) in [5, 5.41) is 15.4. The molecule has 0 radical (unpaired) electrons. The zero-order valence-electron chi connectivity index (χ0n) is 15.2. The fourth-order valence-electron chi connectivity index (χ4n) is 3.36. The molecule has 3 N–H and O–H groups in total. The van der Waals surface area contributed by atoms with E-state index >= 15 is 0 Å². The maximum Gasteiger partial charge on any atom is 0.326 e. The van der Waals surface area contributed by atoms with Gasteiger partial charge in [-0.3, -0.25) is 4.79 Å². The number of aromatic nitrogens is 1. The molecule has 1 aromatic rings. The van der Waals surface area contributed by atoms with E-state index in [1.54, 1.807) is 0 Å². The first kappa shape index (κ1) is 20.4. The Morgan fingerprint density at radius 2 is 1.92 bits per heavy atom. The molecule has 0 saturated heterocycles. The molecule has 2 rings (SSSR count). The summed E-state index contributed by atoms with van der Waals surface area (Å²) >= 11 is 0. The quantitative estimate of drug-likeness (QED) is 0.610. The van der Waals surface area contributed by atoms with E-state index in [-0.39, 0.29) is 22.8 Å². The number of aryl methyl sites for hydroxylation is 2. The Bertz CT molecular complexity index is 760. The molecule has 1 fully saturated rings. The van der Waals surface area contributed by atoms with Gasteiger partial charge in [0.15, 0.2) is 5.76 Å². The normalized spacial score (nSPS) is 17.8. The monoisotopic (exact) mass is 387 g/mol. The lowest BCUT2D eigenvalue weighted by Gasteiger charge is -2.30. The first-order valence-corrected chi connectivity index (χ1v) is 10.1. The summed E-state index contributed by atoms with van der Waals surface area (Å²) in [4.78, 5) is 24.1. The van der Waals surface area contributed by atoms with E-state index in [1.165, 1.54) is 13.8 Å². The van der Waals surface area contributed by atoms with Crippen LogP contribution in [-0.4, -0.2) is 42.1 Å². The van der Waals surface area contributed by atoms with Crippen molar-refractivity contribution < 1.29 is 27.6 Å². The van der Waals surface area contributed by atoms with Crippen LogP contribution in [0.3, 0.4) is 0 Å². The molecule has 1 heterocycles. The lowest BCUT2D eigenvalue weighted by molar-refractivity contribution is -0.143. The molecular weight excluding hydrogens is 362 g/mol. The third kappa shape index (κ3) is 4.07. The highest BCUT2D eigenvalue weighted by atomic mass is 32.2. The molecule has 1 saturated carbocycles. The highest BCUT2D eigenvalue weighted by Crippen LogP contribution is 2.33. The number of sulfonamides is 1. The summed E-state index contributed by atoms with van der Waals surface area (Å²) in [5.74, 6) is -1.61. The van der Waals surface area contributed by atoms with Crippen LogP contribution in [0.2, 0.25) is 0 Å². The van der Waals surface area contributed by atoms with E-state index in [0.717, 1.165) is 0 Å². The minimum Gasteiger partial charge on any atom is -0.480 e. The standard InChI is InChI=1S/C16H25N3O6S/c1-4-7-12(14(20)21)17-15(22)16(8-5-6-9-16)19-26(23,24)13-10(2)18-25-11(13)3/h12,19H,4-9H2,1-3H3,(H,17,22)(H,20,21). The van der Waals surface area contributed by atoms with E-state index in [0.29, 0.717) is 32.1 Å². The highest BCUT2D eigenvalue weighted by Gasteiger charge is 2.46. The van der Waals surface area contributed by atoms with Gasteiger partial charge in [-0.1, -0.05) is 31.3 Å². The van der Waals surface area contributed by atoms with Crippen molar-refractivity contribution in [2.75, 3.05) is 0 Å². The van der Waals surface area contributed by atoms with Crippen LogP contribution in [0, 0.1) is 13.8 Å². The van der Waals surface area contributed by atoms with E-state index in [1.807, 2.05) is 6.92 Å². The number of amides is 1. The summed E-state index contributed by atoms with van der Waals surface area (Å²) in [6.45, 7) is 4.80. The molecule has 0 aliphatic heterocycles. The molecule has 10 heteroatoms. The van der Waals surface area contributed by atoms with E-state index < -0.39 is 33.5 Å². The number of hydrogen-bond donors (Lipinski definition) is 3. The average Bonchev–Trinajstić information content (AvgIpc) is 3.14. The first-order valence-electron chi connectivity index (χ1n) is 8.63. The lowest BCUT2D eigenvalue weighted by atomic mass is 9.97. The number of rotatable bonds is 8. The minimum absolute atomic E-state index is 0.0834. The SMILES string of the molecule is CCCC(NC(=O)C1(NS(=O)(=O)c2c(C)noc2C)CCCC1)C(=O)O. The van der Waals surface area contributed by atoms with Gasteiger partial charge in [0.25, 0.3) is 0 Å². The lowest BCUT2D eigenvalue weighted by Crippen LogP contribution is -2.59. The van der Waals surface area contributed by atoms with Crippen LogP contribution >= 0.6 is 0 Å². The Morgan fingerprint density at radius 1 is 1.31 bits per heavy atom. The molecule has 0 aromatic carbocycles. The maximum atomic E-state index is 12.8. The van der Waals surface area contributed by atoms with Gasteiger partial charge in [-0.15, -0.1) is 0 Å². The van der Waals surface area contributed by atoms with Crippen molar-refractivity contribution in [3.63, 3.8) is 0 Å². The topological polar surface area (TPSA) is 139 Å². The van der Waals surface area contributed by atoms with Gasteiger partial charge in [-0.05, 0) is 33.1 Å². The summed E-state index contributed by atoms with van der Waals surface area (Å²) in [6, 6.07) is -1.05. The van der Waals surface area contributed by atoms with Gasteiger partial charge in [0.05, 0.1) is 0 Å². The molecule has 1 aliphatic carbocycles. The largest absolute Gasteiger partial charge is 0.480 e. The van der Waals surface area contributed by atoms with Crippen molar-refractivity contribution in [1.29, 1.82) is 0 Å². The van der Waals surface area contributed by atoms with Crippen LogP contribution in [0.4, 0.5) is 0 Å². The molecule has 1 unspecified atom stereocenters. The Balaban J connectivity index is 2.30. The zero-order chi connectivity index (χ0) is 19.5. The number of carboxylic acids is 1. The molecule has 1 aliphatic rings. The second-order valence-electron chi connectivity index (χ2n) is 6.70. The van der Waals surface area contributed by atoms with Crippen LogP contribution in [0.1, 0.15) is 56.9 Å². The fourth-order valence-corrected chi connectivity index (χ4v) is 5.12. The van der Waals surface area contributed by atoms with Gasteiger partial charge in [0.1, 0.15) is 22.2 Å². The van der Waals surface area contributed by atoms with Crippen molar-refractivity contribution in [3.8, 4) is 0 Å². The summed E-state index contributed by atoms with van der Waals surface area (Å²) < 4.78 is 33.1. The van der Waals surface area contributed by atoms with Crippen LogP contribution in [-0.2, 0) is 19.6 Å². The van der Waals surface area contributed by atoms with E-state index in [2.05, 4.69) is 15.2 Å². The fraction of sp³-hybridized carbons (Fsp3) is 0.688. The number of nitrogens with one attached hydrogen (secondary N) is 2. The molecule has 1 aromatic heterocycles. The third-order valence-corrected chi connectivity index (χ3v) is 6.42. The van der Waals surface area contributed by atoms with Crippen LogP contribution in [0.25, 0.3) is 0 Å². The van der Waals surface area contributed by atoms with Gasteiger partial charge >= 0.3 is 5.97 Å². The Hall–Kier alpha value is -1.94. The smallest absolute Gasteiger partial charge is 0.326 e. The third-order valence-electron chi connectivity index (χ3n) is 4.64. The zero-order valence-corrected chi connectivity index (χ0v) is 16.0. The Morgan fingerprint density at radius 3 is 2.38 bits per heavy atom. The average molecular weight is 387 g/mol. The number of carbonyl (C=O) groups is 2. The number of carbonyl (C=O) groups excluding carboxylic acids is 1. The van der Waals surface area contributed by atoms with Gasteiger partial charge in [0, 0.05) is 0 Å². The second kappa shape index (κ2) is 7.75. The van der Waals surface area contributed by atoms with E-state index in [9.17, 15) is 23.1 Å². The van der Waals surface area contributed by atoms with E-state index in [4.69, 9.17) is 4.52 Å². The van der Waals surface area contributed by atoms with Crippen molar-refractivity contribution in [3.05, 3.63) is 11.5 Å². The van der Waals surface area contributed by atoms with Gasteiger partial charge < -0.3 is 14.9 Å². The van der Waals surface area contributed by atoms with Crippen LogP contribution in [0.5, 0.6) is 0 Å². The van der Waals surface area contributed by atoms with Crippen LogP contribution in [0.15, 0.2) is 9.42 Å². The molecule has 26 heavy (non-hydrogen) atoms. The van der Waals surface area contributed by atoms with Crippen molar-refractivity contribution >= 4 is 21.9 Å². The molecule has 1 amide bonds. The van der Waals surface area contributed by atoms with Crippen molar-refractivity contribution in [1.82, 2.24) is 15.2 Å². The molecule has 0 bridgehead atoms. The van der Waals surface area contributed by atoms with Crippen molar-refractivity contribution in [2.24, 2.45) is 0 Å². The predicted molar refractivity (Wildman–Crippen MR) is 92.0 cm³/mol. The summed E-state index contributed by atoms with van der Waals surface area (Å²) in [6.07, 6.45) is 2.80. The summed E-state index contributed by atoms with van der Waals surface area (Å²) in [7, 11) is -4.05. The molecule has 9 nitrogen and oxygen atoms in total. The maximum absolute atomic E-state index is 12.8. The minimum atomic E-state index is -4.05. The summed E-state index contributed by atoms with van der Waals surface area (Å²) in [5.41, 5.74) is -1.16. The Labute approximate surface area is 152 Å². The van der Waals surface area contributed by atoms with Crippen LogP contribution < -0.4 is 10.0 Å². The number of nitrogens with zero attached hydrogens (tertiary/aromatic N) is 1.